The number of aliphatic hydroxyl groups is 13. The Hall–Kier alpha value is -2.82. The van der Waals surface area contributed by atoms with Crippen molar-refractivity contribution in [2.45, 2.75) is 328 Å². The second-order valence-corrected chi connectivity index (χ2v) is 27.8. The molecule has 542 valence electrons. The van der Waals surface area contributed by atoms with Gasteiger partial charge in [-0.1, -0.05) is 106 Å². The molecular formula is C68H114O25S. The fraction of sp³-hybridized carbons (Fsp3) is 0.809. The predicted molar refractivity (Wildman–Crippen MR) is 346 cm³/mol. The van der Waals surface area contributed by atoms with Gasteiger partial charge in [0.25, 0.3) is 0 Å². The summed E-state index contributed by atoms with van der Waals surface area (Å²) in [6, 6.07) is 0. The third kappa shape index (κ3) is 29.6. The largest absolute Gasteiger partial charge is 0.397 e. The standard InChI is InChI=1S/C68H114O25S/c1-6-21-43(4)32-49-37-51(75)53(87-49)26-19-18-24-41(2)22-16-14-12-10-8-7-9-11-13-15-17-23-42(3)28-31-55-54(89-55)27-20-25-48(88-68-65(82)63(80)61(78)59(92-68)40-86-67-64(81)62(79)60(77)58(39-69)91-67)36-47(73)35-46(72)34-45(71)29-30-50(74)56-38-52(76)66(93-94(83,84)85)57(90-56)33-44(5)70/h6,8,10,16,18-19,22,42,44-45,47-71,73-82H,1-2,4,7,9,11-15,17,20-21,23-40H2,3,5H3,(H,83,84,85)/b10-8+,19-18+,22-16+/t42?,44?,45?,47?,48?,49-,50?,51?,52?,53+,54?,55?,56+,57-,58-,59-,60?,61?,62?,63?,64?,65?,66?,67?,68?/m1/s1. The quantitative estimate of drug-likeness (QED) is 0.0135. The number of epoxide rings is 1. The first-order valence-electron chi connectivity index (χ1n) is 34.1. The van der Waals surface area contributed by atoms with Crippen molar-refractivity contribution in [2.24, 2.45) is 5.92 Å². The maximum atomic E-state index is 13.3. The topological polar surface area (TPSA) is 412 Å². The number of allylic oxidation sites excluding steroid dienone is 7. The van der Waals surface area contributed by atoms with E-state index >= 15 is 0 Å². The Labute approximate surface area is 555 Å². The molecule has 0 saturated carbocycles. The summed E-state index contributed by atoms with van der Waals surface area (Å²) in [5.41, 5.74) is 2.11. The van der Waals surface area contributed by atoms with E-state index in [0.29, 0.717) is 31.6 Å². The first-order valence-corrected chi connectivity index (χ1v) is 35.4. The minimum Gasteiger partial charge on any atom is -0.394 e. The number of carbonyl (C=O) groups excluding carboxylic acids is 1. The van der Waals surface area contributed by atoms with Gasteiger partial charge in [-0.2, -0.15) is 8.42 Å². The van der Waals surface area contributed by atoms with E-state index in [-0.39, 0.29) is 62.9 Å². The Kier molecular flexibility index (Phi) is 36.9. The maximum absolute atomic E-state index is 13.3. The lowest BCUT2D eigenvalue weighted by Crippen LogP contribution is -2.62. The molecule has 0 spiro atoms. The lowest BCUT2D eigenvalue weighted by atomic mass is 9.90. The summed E-state index contributed by atoms with van der Waals surface area (Å²) in [6.07, 6.45) is 1.37. The van der Waals surface area contributed by atoms with Crippen LogP contribution in [-0.2, 0) is 52.5 Å². The number of hydrogen-bond acceptors (Lipinski definition) is 24. The molecular weight excluding hydrogens is 1250 g/mol. The summed E-state index contributed by atoms with van der Waals surface area (Å²) in [5, 5.41) is 138. The molecule has 0 bridgehead atoms. The van der Waals surface area contributed by atoms with Crippen molar-refractivity contribution in [1.82, 2.24) is 0 Å². The Balaban J connectivity index is 0.997. The van der Waals surface area contributed by atoms with E-state index in [2.05, 4.69) is 67.3 Å². The Morgan fingerprint density at radius 1 is 0.617 bits per heavy atom. The van der Waals surface area contributed by atoms with E-state index < -0.39 is 165 Å². The van der Waals surface area contributed by atoms with Gasteiger partial charge in [-0.3, -0.25) is 9.35 Å². The number of aliphatic hydroxyl groups excluding tert-OH is 13. The first kappa shape index (κ1) is 81.9. The molecule has 5 saturated heterocycles. The van der Waals surface area contributed by atoms with Gasteiger partial charge in [0.2, 0.25) is 0 Å². The summed E-state index contributed by atoms with van der Waals surface area (Å²) in [6.45, 7) is 14.3. The molecule has 0 aromatic carbocycles. The Bertz CT molecular complexity index is 2410. The second-order valence-electron chi connectivity index (χ2n) is 26.8. The molecule has 26 heteroatoms. The van der Waals surface area contributed by atoms with Crippen LogP contribution in [-0.4, -0.2) is 245 Å². The lowest BCUT2D eigenvalue weighted by Gasteiger charge is -2.43. The highest BCUT2D eigenvalue weighted by Crippen LogP contribution is 2.36. The first-order chi connectivity index (χ1) is 44.7. The summed E-state index contributed by atoms with van der Waals surface area (Å²) >= 11 is 0. The second kappa shape index (κ2) is 42.3. The van der Waals surface area contributed by atoms with E-state index in [1.54, 1.807) is 0 Å². The molecule has 5 aliphatic heterocycles. The van der Waals surface area contributed by atoms with E-state index in [0.717, 1.165) is 81.8 Å². The van der Waals surface area contributed by atoms with Crippen molar-refractivity contribution < 1.29 is 121 Å². The third-order valence-corrected chi connectivity index (χ3v) is 18.7. The molecule has 0 amide bonds. The fourth-order valence-electron chi connectivity index (χ4n) is 12.7. The van der Waals surface area contributed by atoms with Crippen LogP contribution in [0.15, 0.2) is 73.4 Å². The van der Waals surface area contributed by atoms with Gasteiger partial charge in [0.05, 0.1) is 92.6 Å². The summed E-state index contributed by atoms with van der Waals surface area (Å²) in [5.74, 6) is -0.0190. The highest BCUT2D eigenvalue weighted by atomic mass is 32.3. The number of rotatable bonds is 47. The minimum atomic E-state index is -5.01. The van der Waals surface area contributed by atoms with Crippen LogP contribution >= 0.6 is 0 Å². The molecule has 94 heavy (non-hydrogen) atoms. The van der Waals surface area contributed by atoms with E-state index in [1.807, 2.05) is 6.08 Å². The van der Waals surface area contributed by atoms with Gasteiger partial charge in [-0.25, -0.2) is 4.18 Å². The van der Waals surface area contributed by atoms with Crippen molar-refractivity contribution in [3.63, 3.8) is 0 Å². The monoisotopic (exact) mass is 1360 g/mol. The van der Waals surface area contributed by atoms with Crippen molar-refractivity contribution in [2.75, 3.05) is 13.2 Å². The number of ketones is 1. The van der Waals surface area contributed by atoms with Crippen LogP contribution in [0.5, 0.6) is 0 Å². The predicted octanol–water partition coefficient (Wildman–Crippen LogP) is 3.99. The average molecular weight is 1360 g/mol. The molecule has 5 rings (SSSR count). The van der Waals surface area contributed by atoms with Crippen LogP contribution in [0.25, 0.3) is 0 Å². The zero-order valence-electron chi connectivity index (χ0n) is 55.1. The lowest BCUT2D eigenvalue weighted by molar-refractivity contribution is -0.336. The van der Waals surface area contributed by atoms with Crippen molar-refractivity contribution >= 4 is 16.2 Å². The molecule has 14 N–H and O–H groups in total. The van der Waals surface area contributed by atoms with Crippen LogP contribution in [0.4, 0.5) is 0 Å². The molecule has 0 radical (unpaired) electrons. The summed E-state index contributed by atoms with van der Waals surface area (Å²) < 4.78 is 77.6. The minimum absolute atomic E-state index is 0.00855. The van der Waals surface area contributed by atoms with Crippen molar-refractivity contribution in [3.8, 4) is 0 Å². The molecule has 25 nitrogen and oxygen atoms in total. The van der Waals surface area contributed by atoms with Gasteiger partial charge in [0, 0.05) is 38.5 Å². The highest BCUT2D eigenvalue weighted by Gasteiger charge is 2.49. The van der Waals surface area contributed by atoms with Crippen molar-refractivity contribution in [3.05, 3.63) is 73.4 Å². The number of hydrogen-bond donors (Lipinski definition) is 14. The zero-order chi connectivity index (χ0) is 69.1. The summed E-state index contributed by atoms with van der Waals surface area (Å²) in [4.78, 5) is 13.3. The molecule has 0 aromatic rings. The number of ether oxygens (including phenoxy) is 7. The Morgan fingerprint density at radius 3 is 1.99 bits per heavy atom. The molecule has 19 unspecified atom stereocenters. The molecule has 5 fully saturated rings. The van der Waals surface area contributed by atoms with Crippen LogP contribution in [0.2, 0.25) is 0 Å². The Morgan fingerprint density at radius 2 is 1.28 bits per heavy atom. The number of unbranched alkanes of at least 4 members (excludes halogenated alkanes) is 6. The van der Waals surface area contributed by atoms with Crippen LogP contribution < -0.4 is 0 Å². The number of Topliss-reactive ketones (excluding diaryl/α,β-unsaturated/α-hetero) is 1. The van der Waals surface area contributed by atoms with E-state index in [1.165, 1.54) is 26.2 Å². The number of carbonyl (C=O) groups is 1. The summed E-state index contributed by atoms with van der Waals surface area (Å²) in [7, 11) is -5.01. The van der Waals surface area contributed by atoms with Gasteiger partial charge in [-0.05, 0) is 109 Å². The molecule has 5 heterocycles. The zero-order valence-corrected chi connectivity index (χ0v) is 55.9. The average Bonchev–Trinajstić information content (AvgIpc) is 1.25. The van der Waals surface area contributed by atoms with E-state index in [4.69, 9.17) is 33.2 Å². The fourth-order valence-corrected chi connectivity index (χ4v) is 13.3. The molecule has 5 aliphatic rings. The smallest absolute Gasteiger partial charge is 0.394 e. The van der Waals surface area contributed by atoms with Crippen LogP contribution in [0.3, 0.4) is 0 Å². The van der Waals surface area contributed by atoms with Gasteiger partial charge < -0.3 is 99.5 Å². The highest BCUT2D eigenvalue weighted by molar-refractivity contribution is 7.80. The third-order valence-electron chi connectivity index (χ3n) is 18.2. The normalized spacial score (nSPS) is 33.6. The molecule has 0 aliphatic carbocycles. The van der Waals surface area contributed by atoms with Gasteiger partial charge in [-0.15, -0.1) is 6.58 Å². The van der Waals surface area contributed by atoms with E-state index in [9.17, 15) is 84.1 Å². The maximum Gasteiger partial charge on any atom is 0.397 e. The molecule has 25 atom stereocenters. The van der Waals surface area contributed by atoms with Crippen LogP contribution in [0, 0.1) is 5.92 Å². The van der Waals surface area contributed by atoms with Crippen molar-refractivity contribution in [1.29, 1.82) is 0 Å². The van der Waals surface area contributed by atoms with Gasteiger partial charge >= 0.3 is 10.4 Å². The van der Waals surface area contributed by atoms with Crippen LogP contribution in [0.1, 0.15) is 181 Å². The van der Waals surface area contributed by atoms with Gasteiger partial charge in [0.1, 0.15) is 60.7 Å². The SMILES string of the molecule is C=CCC(=C)C[C@@H]1CC(O)[C@H](C/C=C/CC(=C)/C=C/CC/C=C/CCCCCCCC(C)CCC2OC2CCCC(CC(O)CC(=O)CC(O)CCC(O)[C@@H]2CC(O)C(OS(=O)(=O)O)[C@@H](CC(C)O)O2)OC2O[C@H](COC3O[C@H](CO)C(O)C(O)C3O)C(O)C(O)C2O)O1. The van der Waals surface area contributed by atoms with Gasteiger partial charge in [0.15, 0.2) is 12.6 Å². The molecule has 0 aromatic heterocycles.